The summed E-state index contributed by atoms with van der Waals surface area (Å²) in [5.74, 6) is -1.42. The second-order valence-electron chi connectivity index (χ2n) is 4.73. The molecule has 1 aromatic rings. The van der Waals surface area contributed by atoms with Crippen LogP contribution in [0.5, 0.6) is 0 Å². The highest BCUT2D eigenvalue weighted by Crippen LogP contribution is 2.31. The molecule has 0 aromatic heterocycles. The van der Waals surface area contributed by atoms with E-state index in [-0.39, 0.29) is 25.3 Å². The number of hydrogen-bond donors (Lipinski definition) is 1. The highest BCUT2D eigenvalue weighted by molar-refractivity contribution is 6.32. The van der Waals surface area contributed by atoms with Crippen LogP contribution < -0.4 is 5.73 Å². The molecule has 1 heterocycles. The number of methoxy groups -OCH3 is 1. The summed E-state index contributed by atoms with van der Waals surface area (Å²) in [6, 6.07) is 4.16. The van der Waals surface area contributed by atoms with Crippen molar-refractivity contribution in [3.05, 3.63) is 34.3 Å². The Labute approximate surface area is 126 Å². The van der Waals surface area contributed by atoms with E-state index in [1.165, 1.54) is 12.0 Å². The third kappa shape index (κ3) is 3.00. The van der Waals surface area contributed by atoms with Crippen molar-refractivity contribution in [2.75, 3.05) is 7.11 Å². The van der Waals surface area contributed by atoms with E-state index in [1.54, 1.807) is 18.2 Å². The zero-order chi connectivity index (χ0) is 15.6. The van der Waals surface area contributed by atoms with Gasteiger partial charge in [-0.15, -0.1) is 0 Å². The number of esters is 1. The summed E-state index contributed by atoms with van der Waals surface area (Å²) in [7, 11) is 1.26. The van der Waals surface area contributed by atoms with Crippen LogP contribution in [0.1, 0.15) is 28.8 Å². The third-order valence-corrected chi connectivity index (χ3v) is 3.85. The fraction of sp³-hybridized carbons (Fsp3) is 0.357. The lowest BCUT2D eigenvalue weighted by Crippen LogP contribution is -2.45. The first-order valence-electron chi connectivity index (χ1n) is 6.40. The Morgan fingerprint density at radius 3 is 2.76 bits per heavy atom. The molecule has 1 atom stereocenters. The van der Waals surface area contributed by atoms with Crippen molar-refractivity contribution in [3.63, 3.8) is 0 Å². The predicted octanol–water partition coefficient (Wildman–Crippen LogP) is 1.10. The van der Waals surface area contributed by atoms with Crippen molar-refractivity contribution < 1.29 is 19.1 Å². The van der Waals surface area contributed by atoms with E-state index >= 15 is 0 Å². The van der Waals surface area contributed by atoms with Crippen molar-refractivity contribution in [2.45, 2.75) is 25.4 Å². The number of halogens is 1. The lowest BCUT2D eigenvalue weighted by molar-refractivity contribution is -0.141. The Balaban J connectivity index is 2.20. The van der Waals surface area contributed by atoms with Gasteiger partial charge >= 0.3 is 5.97 Å². The topological polar surface area (TPSA) is 89.7 Å². The summed E-state index contributed by atoms with van der Waals surface area (Å²) in [5, 5.41) is 0.472. The molecule has 0 fully saturated rings. The highest BCUT2D eigenvalue weighted by Gasteiger charge is 2.36. The lowest BCUT2D eigenvalue weighted by atomic mass is 10.1. The molecule has 112 valence electrons. The van der Waals surface area contributed by atoms with E-state index in [9.17, 15) is 14.4 Å². The predicted molar refractivity (Wildman–Crippen MR) is 75.6 cm³/mol. The summed E-state index contributed by atoms with van der Waals surface area (Å²) in [6.07, 6.45) is 0.136. The maximum absolute atomic E-state index is 12.4. The smallest absolute Gasteiger partial charge is 0.305 e. The van der Waals surface area contributed by atoms with Crippen LogP contribution in [0, 0.1) is 0 Å². The Morgan fingerprint density at radius 1 is 1.48 bits per heavy atom. The Kier molecular flexibility index (Phi) is 4.47. The van der Waals surface area contributed by atoms with E-state index < -0.39 is 17.9 Å². The van der Waals surface area contributed by atoms with Crippen LogP contribution in [0.15, 0.2) is 18.2 Å². The number of nitrogens with two attached hydrogens (primary N) is 1. The zero-order valence-corrected chi connectivity index (χ0v) is 12.2. The molecule has 0 saturated heterocycles. The van der Waals surface area contributed by atoms with Gasteiger partial charge in [0.2, 0.25) is 5.91 Å². The summed E-state index contributed by atoms with van der Waals surface area (Å²) in [4.78, 5) is 36.5. The standard InChI is InChI=1S/C14H15ClN2O4/c1-21-12(18)6-5-11(13(16)19)17-7-9-8(14(17)20)3-2-4-10(9)15/h2-4,11H,5-7H2,1H3,(H2,16,19). The second kappa shape index (κ2) is 6.13. The molecule has 2 rings (SSSR count). The van der Waals surface area contributed by atoms with Gasteiger partial charge in [0.15, 0.2) is 0 Å². The van der Waals surface area contributed by atoms with Crippen LogP contribution in [0.4, 0.5) is 0 Å². The molecule has 2 N–H and O–H groups in total. The van der Waals surface area contributed by atoms with Crippen LogP contribution in [0.2, 0.25) is 5.02 Å². The number of benzene rings is 1. The maximum atomic E-state index is 12.4. The van der Waals surface area contributed by atoms with Gasteiger partial charge in [-0.1, -0.05) is 17.7 Å². The molecule has 1 aromatic carbocycles. The van der Waals surface area contributed by atoms with Crippen LogP contribution >= 0.6 is 11.6 Å². The molecule has 6 nitrogen and oxygen atoms in total. The van der Waals surface area contributed by atoms with Gasteiger partial charge in [-0.3, -0.25) is 14.4 Å². The number of fused-ring (bicyclic) bond motifs is 1. The van der Waals surface area contributed by atoms with Crippen molar-refractivity contribution in [1.82, 2.24) is 4.90 Å². The molecule has 1 unspecified atom stereocenters. The van der Waals surface area contributed by atoms with Gasteiger partial charge in [0, 0.05) is 29.1 Å². The highest BCUT2D eigenvalue weighted by atomic mass is 35.5. The summed E-state index contributed by atoms with van der Waals surface area (Å²) >= 11 is 6.07. The fourth-order valence-corrected chi connectivity index (χ4v) is 2.61. The number of hydrogen-bond acceptors (Lipinski definition) is 4. The van der Waals surface area contributed by atoms with Crippen LogP contribution in [-0.2, 0) is 20.9 Å². The average Bonchev–Trinajstić information content (AvgIpc) is 2.78. The first-order valence-corrected chi connectivity index (χ1v) is 6.78. The van der Waals surface area contributed by atoms with Gasteiger partial charge in [-0.05, 0) is 18.6 Å². The minimum atomic E-state index is -0.861. The largest absolute Gasteiger partial charge is 0.469 e. The molecule has 21 heavy (non-hydrogen) atoms. The second-order valence-corrected chi connectivity index (χ2v) is 5.14. The molecule has 0 saturated carbocycles. The Morgan fingerprint density at radius 2 is 2.19 bits per heavy atom. The molecule has 1 aliphatic heterocycles. The Bertz CT molecular complexity index is 603. The van der Waals surface area contributed by atoms with Crippen LogP contribution in [0.3, 0.4) is 0 Å². The van der Waals surface area contributed by atoms with Gasteiger partial charge < -0.3 is 15.4 Å². The number of carbonyl (C=O) groups is 3. The molecular weight excluding hydrogens is 296 g/mol. The molecule has 0 bridgehead atoms. The minimum absolute atomic E-state index is 0.0119. The monoisotopic (exact) mass is 310 g/mol. The molecule has 0 radical (unpaired) electrons. The van der Waals surface area contributed by atoms with E-state index in [2.05, 4.69) is 4.74 Å². The lowest BCUT2D eigenvalue weighted by Gasteiger charge is -2.24. The van der Waals surface area contributed by atoms with Gasteiger partial charge in [-0.25, -0.2) is 0 Å². The van der Waals surface area contributed by atoms with Gasteiger partial charge in [0.05, 0.1) is 7.11 Å². The summed E-state index contributed by atoms with van der Waals surface area (Å²) in [6.45, 7) is 0.211. The number of amides is 2. The molecular formula is C14H15ClN2O4. The normalized spacial score (nSPS) is 14.8. The van der Waals surface area contributed by atoms with Crippen molar-refractivity contribution >= 4 is 29.4 Å². The van der Waals surface area contributed by atoms with Crippen molar-refractivity contribution in [1.29, 1.82) is 0 Å². The number of rotatable bonds is 5. The molecule has 1 aliphatic rings. The minimum Gasteiger partial charge on any atom is -0.469 e. The number of nitrogens with zero attached hydrogens (tertiary/aromatic N) is 1. The molecule has 7 heteroatoms. The fourth-order valence-electron chi connectivity index (χ4n) is 2.38. The number of ether oxygens (including phenoxy) is 1. The third-order valence-electron chi connectivity index (χ3n) is 3.49. The van der Waals surface area contributed by atoms with E-state index in [0.717, 1.165) is 0 Å². The van der Waals surface area contributed by atoms with E-state index in [1.807, 2.05) is 0 Å². The van der Waals surface area contributed by atoms with E-state index in [0.29, 0.717) is 16.1 Å². The maximum Gasteiger partial charge on any atom is 0.305 e. The summed E-state index contributed by atoms with van der Waals surface area (Å²) < 4.78 is 4.54. The van der Waals surface area contributed by atoms with Gasteiger partial charge in [0.25, 0.3) is 5.91 Å². The molecule has 0 spiro atoms. The van der Waals surface area contributed by atoms with Gasteiger partial charge in [0.1, 0.15) is 6.04 Å². The SMILES string of the molecule is COC(=O)CCC(C(N)=O)N1Cc2c(Cl)cccc2C1=O. The van der Waals surface area contributed by atoms with Crippen molar-refractivity contribution in [3.8, 4) is 0 Å². The van der Waals surface area contributed by atoms with Gasteiger partial charge in [-0.2, -0.15) is 0 Å². The quantitative estimate of drug-likeness (QED) is 0.825. The number of carbonyl (C=O) groups excluding carboxylic acids is 3. The average molecular weight is 311 g/mol. The van der Waals surface area contributed by atoms with Crippen LogP contribution in [0.25, 0.3) is 0 Å². The summed E-state index contributed by atoms with van der Waals surface area (Å²) in [5.41, 5.74) is 6.50. The molecule has 0 aliphatic carbocycles. The first-order chi connectivity index (χ1) is 9.95. The van der Waals surface area contributed by atoms with Crippen molar-refractivity contribution in [2.24, 2.45) is 5.73 Å². The zero-order valence-electron chi connectivity index (χ0n) is 11.5. The number of primary amides is 1. The Hall–Kier alpha value is -2.08. The first kappa shape index (κ1) is 15.3. The molecule has 2 amide bonds. The van der Waals surface area contributed by atoms with E-state index in [4.69, 9.17) is 17.3 Å². The van der Waals surface area contributed by atoms with Crippen LogP contribution in [-0.4, -0.2) is 35.8 Å².